The number of aliphatic carboxylic acids is 1. The summed E-state index contributed by atoms with van der Waals surface area (Å²) < 4.78 is 5.11. The van der Waals surface area contributed by atoms with Crippen LogP contribution in [0, 0.1) is 0 Å². The van der Waals surface area contributed by atoms with E-state index in [0.29, 0.717) is 16.6 Å². The maximum atomic E-state index is 12.5. The van der Waals surface area contributed by atoms with Gasteiger partial charge in [-0.15, -0.1) is 0 Å². The van der Waals surface area contributed by atoms with Crippen LogP contribution >= 0.6 is 23.2 Å². The smallest absolute Gasteiger partial charge is 0.334 e. The zero-order valence-electron chi connectivity index (χ0n) is 11.4. The topological polar surface area (TPSA) is 66.8 Å². The largest absolute Gasteiger partial charge is 0.479 e. The summed E-state index contributed by atoms with van der Waals surface area (Å²) in [4.78, 5) is 24.9. The first-order chi connectivity index (χ1) is 9.90. The van der Waals surface area contributed by atoms with E-state index in [1.807, 2.05) is 0 Å². The molecule has 7 heteroatoms. The van der Waals surface area contributed by atoms with E-state index in [0.717, 1.165) is 5.56 Å². The van der Waals surface area contributed by atoms with Crippen LogP contribution < -0.4 is 0 Å². The van der Waals surface area contributed by atoms with Crippen molar-refractivity contribution in [1.82, 2.24) is 4.90 Å². The molecule has 1 N–H and O–H groups in total. The fraction of sp³-hybridized carbons (Fsp3) is 0.429. The van der Waals surface area contributed by atoms with Crippen LogP contribution in [0.25, 0.3) is 0 Å². The van der Waals surface area contributed by atoms with E-state index in [4.69, 9.17) is 33.0 Å². The van der Waals surface area contributed by atoms with E-state index in [2.05, 4.69) is 0 Å². The van der Waals surface area contributed by atoms with Crippen molar-refractivity contribution in [1.29, 1.82) is 0 Å². The van der Waals surface area contributed by atoms with Gasteiger partial charge in [-0.2, -0.15) is 0 Å². The Kier molecular flexibility index (Phi) is 5.08. The van der Waals surface area contributed by atoms with Gasteiger partial charge in [0, 0.05) is 6.54 Å². The highest BCUT2D eigenvalue weighted by Gasteiger charge is 2.31. The summed E-state index contributed by atoms with van der Waals surface area (Å²) in [5.41, 5.74) is 0.743. The Hall–Kier alpha value is -1.30. The number of carbonyl (C=O) groups excluding carboxylic acids is 1. The molecule has 1 aliphatic rings. The number of morpholine rings is 1. The number of halogens is 2. The van der Waals surface area contributed by atoms with Gasteiger partial charge in [-0.05, 0) is 24.6 Å². The lowest BCUT2D eigenvalue weighted by Crippen LogP contribution is -2.49. The Morgan fingerprint density at radius 3 is 2.71 bits per heavy atom. The van der Waals surface area contributed by atoms with E-state index in [9.17, 15) is 9.59 Å². The van der Waals surface area contributed by atoms with Crippen molar-refractivity contribution < 1.29 is 19.4 Å². The lowest BCUT2D eigenvalue weighted by atomic mass is 9.99. The van der Waals surface area contributed by atoms with Gasteiger partial charge in [0.25, 0.3) is 0 Å². The monoisotopic (exact) mass is 331 g/mol. The van der Waals surface area contributed by atoms with Crippen LogP contribution in [0.1, 0.15) is 18.4 Å². The number of carboxylic acids is 1. The molecule has 2 rings (SSSR count). The van der Waals surface area contributed by atoms with Crippen LogP contribution in [0.3, 0.4) is 0 Å². The van der Waals surface area contributed by atoms with Crippen LogP contribution in [0.15, 0.2) is 18.2 Å². The summed E-state index contributed by atoms with van der Waals surface area (Å²) in [6.07, 6.45) is -0.969. The van der Waals surface area contributed by atoms with Crippen LogP contribution in [0.5, 0.6) is 0 Å². The fourth-order valence-corrected chi connectivity index (χ4v) is 2.50. The molecule has 2 atom stereocenters. The molecule has 1 amide bonds. The third-order valence-corrected chi connectivity index (χ3v) is 4.21. The number of hydrogen-bond donors (Lipinski definition) is 1. The summed E-state index contributed by atoms with van der Waals surface area (Å²) in [5.74, 6) is -1.63. The van der Waals surface area contributed by atoms with Crippen LogP contribution in [-0.2, 0) is 14.3 Å². The van der Waals surface area contributed by atoms with Gasteiger partial charge in [0.05, 0.1) is 29.1 Å². The summed E-state index contributed by atoms with van der Waals surface area (Å²) in [6, 6.07) is 5.04. The number of carboxylic acid groups (broad SMARTS) is 1. The third-order valence-electron chi connectivity index (χ3n) is 3.47. The van der Waals surface area contributed by atoms with Gasteiger partial charge in [0.15, 0.2) is 6.10 Å². The highest BCUT2D eigenvalue weighted by Crippen LogP contribution is 2.27. The molecule has 2 unspecified atom stereocenters. The number of amides is 1. The second kappa shape index (κ2) is 6.64. The molecule has 5 nitrogen and oxygen atoms in total. The summed E-state index contributed by atoms with van der Waals surface area (Å²) in [6.45, 7) is 2.41. The van der Waals surface area contributed by atoms with Crippen molar-refractivity contribution >= 4 is 35.1 Å². The van der Waals surface area contributed by atoms with Crippen LogP contribution in [0.2, 0.25) is 10.0 Å². The highest BCUT2D eigenvalue weighted by atomic mass is 35.5. The minimum atomic E-state index is -1.06. The highest BCUT2D eigenvalue weighted by molar-refractivity contribution is 6.42. The maximum absolute atomic E-state index is 12.5. The number of carbonyl (C=O) groups is 2. The minimum absolute atomic E-state index is 0.0554. The molecule has 21 heavy (non-hydrogen) atoms. The van der Waals surface area contributed by atoms with Gasteiger partial charge >= 0.3 is 5.97 Å². The zero-order valence-corrected chi connectivity index (χ0v) is 12.9. The Bertz CT molecular complexity index is 564. The van der Waals surface area contributed by atoms with Crippen molar-refractivity contribution in [2.45, 2.75) is 18.9 Å². The second-order valence-corrected chi connectivity index (χ2v) is 5.69. The molecule has 0 radical (unpaired) electrons. The molecule has 1 fully saturated rings. The van der Waals surface area contributed by atoms with Gasteiger partial charge in [0.2, 0.25) is 5.91 Å². The minimum Gasteiger partial charge on any atom is -0.479 e. The molecule has 1 saturated heterocycles. The van der Waals surface area contributed by atoms with Gasteiger partial charge in [0.1, 0.15) is 0 Å². The Labute approximate surface area is 132 Å². The number of ether oxygens (including phenoxy) is 1. The fourth-order valence-electron chi connectivity index (χ4n) is 2.20. The van der Waals surface area contributed by atoms with E-state index >= 15 is 0 Å². The lowest BCUT2D eigenvalue weighted by Gasteiger charge is -2.32. The van der Waals surface area contributed by atoms with Gasteiger partial charge in [-0.25, -0.2) is 4.79 Å². The molecule has 1 aliphatic heterocycles. The van der Waals surface area contributed by atoms with E-state index in [1.165, 1.54) is 4.90 Å². The standard InChI is InChI=1S/C14H15Cl2NO4/c1-8(9-2-3-10(15)11(16)6-9)13(18)17-4-5-21-12(7-17)14(19)20/h2-3,6,8,12H,4-5,7H2,1H3,(H,19,20). The van der Waals surface area contributed by atoms with E-state index in [1.54, 1.807) is 25.1 Å². The third kappa shape index (κ3) is 3.67. The molecule has 0 spiro atoms. The normalized spacial score (nSPS) is 20.1. The Morgan fingerprint density at radius 2 is 2.10 bits per heavy atom. The van der Waals surface area contributed by atoms with E-state index < -0.39 is 18.0 Å². The molecule has 1 aromatic rings. The molecule has 1 aromatic carbocycles. The molecule has 0 saturated carbocycles. The van der Waals surface area contributed by atoms with Gasteiger partial charge in [-0.1, -0.05) is 29.3 Å². The average molecular weight is 332 g/mol. The first kappa shape index (κ1) is 16.1. The number of rotatable bonds is 3. The molecular weight excluding hydrogens is 317 g/mol. The van der Waals surface area contributed by atoms with Crippen molar-refractivity contribution in [3.63, 3.8) is 0 Å². The molecule has 1 heterocycles. The Balaban J connectivity index is 2.11. The van der Waals surface area contributed by atoms with Crippen molar-refractivity contribution in [2.75, 3.05) is 19.7 Å². The Morgan fingerprint density at radius 1 is 1.38 bits per heavy atom. The first-order valence-electron chi connectivity index (χ1n) is 6.48. The predicted octanol–water partition coefficient (Wildman–Crippen LogP) is 2.41. The van der Waals surface area contributed by atoms with Crippen LogP contribution in [-0.4, -0.2) is 47.7 Å². The number of hydrogen-bond acceptors (Lipinski definition) is 3. The predicted molar refractivity (Wildman–Crippen MR) is 78.8 cm³/mol. The molecule has 0 aromatic heterocycles. The van der Waals surface area contributed by atoms with Crippen molar-refractivity contribution in [3.8, 4) is 0 Å². The molecule has 114 valence electrons. The summed E-state index contributed by atoms with van der Waals surface area (Å²) in [7, 11) is 0. The molecule has 0 aliphatic carbocycles. The lowest BCUT2D eigenvalue weighted by molar-refractivity contribution is -0.159. The van der Waals surface area contributed by atoms with Gasteiger partial charge in [-0.3, -0.25) is 4.79 Å². The van der Waals surface area contributed by atoms with E-state index in [-0.39, 0.29) is 19.1 Å². The summed E-state index contributed by atoms with van der Waals surface area (Å²) >= 11 is 11.8. The second-order valence-electron chi connectivity index (χ2n) is 4.88. The first-order valence-corrected chi connectivity index (χ1v) is 7.24. The van der Waals surface area contributed by atoms with Crippen LogP contribution in [0.4, 0.5) is 0 Å². The summed E-state index contributed by atoms with van der Waals surface area (Å²) in [5, 5.41) is 9.78. The quantitative estimate of drug-likeness (QED) is 0.923. The maximum Gasteiger partial charge on any atom is 0.334 e. The molecular formula is C14H15Cl2NO4. The van der Waals surface area contributed by atoms with Crippen molar-refractivity contribution in [3.05, 3.63) is 33.8 Å². The zero-order chi connectivity index (χ0) is 15.6. The molecule has 0 bridgehead atoms. The number of benzene rings is 1. The SMILES string of the molecule is CC(C(=O)N1CCOC(C(=O)O)C1)c1ccc(Cl)c(Cl)c1. The number of nitrogens with zero attached hydrogens (tertiary/aromatic N) is 1. The van der Waals surface area contributed by atoms with Gasteiger partial charge < -0.3 is 14.7 Å². The average Bonchev–Trinajstić information content (AvgIpc) is 2.48. The van der Waals surface area contributed by atoms with Crippen molar-refractivity contribution in [2.24, 2.45) is 0 Å².